The van der Waals surface area contributed by atoms with Gasteiger partial charge in [-0.25, -0.2) is 0 Å². The van der Waals surface area contributed by atoms with Gasteiger partial charge in [0.25, 0.3) is 0 Å². The van der Waals surface area contributed by atoms with Crippen molar-refractivity contribution in [1.82, 2.24) is 5.32 Å². The minimum absolute atomic E-state index is 0.760. The molecule has 0 aromatic heterocycles. The summed E-state index contributed by atoms with van der Waals surface area (Å²) < 4.78 is 0. The van der Waals surface area contributed by atoms with E-state index in [1.807, 2.05) is 24.3 Å². The van der Waals surface area contributed by atoms with E-state index in [9.17, 15) is 0 Å². The van der Waals surface area contributed by atoms with Crippen molar-refractivity contribution in [2.75, 3.05) is 25.0 Å². The Balaban J connectivity index is 1.89. The van der Waals surface area contributed by atoms with Crippen LogP contribution in [0.2, 0.25) is 5.02 Å². The number of hydrogen-bond acceptors (Lipinski definition) is 2. The highest BCUT2D eigenvalue weighted by atomic mass is 35.5. The molecule has 2 rings (SSSR count). The van der Waals surface area contributed by atoms with E-state index >= 15 is 0 Å². The second kappa shape index (κ2) is 3.99. The van der Waals surface area contributed by atoms with Gasteiger partial charge in [-0.1, -0.05) is 23.7 Å². The van der Waals surface area contributed by atoms with Crippen LogP contribution in [0.4, 0.5) is 5.69 Å². The SMILES string of the molecule is Clc1ccccc1NCC1CNC1. The number of halogens is 1. The molecule has 13 heavy (non-hydrogen) atoms. The van der Waals surface area contributed by atoms with Crippen molar-refractivity contribution in [3.05, 3.63) is 29.3 Å². The Morgan fingerprint density at radius 1 is 1.38 bits per heavy atom. The summed E-state index contributed by atoms with van der Waals surface area (Å²) in [5.41, 5.74) is 1.04. The molecule has 2 N–H and O–H groups in total. The van der Waals surface area contributed by atoms with Crippen molar-refractivity contribution in [3.8, 4) is 0 Å². The summed E-state index contributed by atoms with van der Waals surface area (Å²) in [5.74, 6) is 0.760. The van der Waals surface area contributed by atoms with Crippen LogP contribution < -0.4 is 10.6 Å². The van der Waals surface area contributed by atoms with E-state index in [0.717, 1.165) is 36.3 Å². The van der Waals surface area contributed by atoms with E-state index < -0.39 is 0 Å². The lowest BCUT2D eigenvalue weighted by atomic mass is 10.0. The fourth-order valence-electron chi connectivity index (χ4n) is 1.35. The van der Waals surface area contributed by atoms with E-state index in [-0.39, 0.29) is 0 Å². The van der Waals surface area contributed by atoms with Crippen molar-refractivity contribution in [2.24, 2.45) is 5.92 Å². The molecule has 0 atom stereocenters. The van der Waals surface area contributed by atoms with Crippen LogP contribution in [-0.4, -0.2) is 19.6 Å². The first-order chi connectivity index (χ1) is 6.36. The molecular weight excluding hydrogens is 184 g/mol. The largest absolute Gasteiger partial charge is 0.383 e. The lowest BCUT2D eigenvalue weighted by Crippen LogP contribution is -2.45. The average Bonchev–Trinajstić information content (AvgIpc) is 2.05. The molecule has 0 saturated carbocycles. The zero-order valence-corrected chi connectivity index (χ0v) is 8.14. The van der Waals surface area contributed by atoms with E-state index in [0.29, 0.717) is 0 Å². The number of nitrogens with one attached hydrogen (secondary N) is 2. The van der Waals surface area contributed by atoms with E-state index in [4.69, 9.17) is 11.6 Å². The zero-order chi connectivity index (χ0) is 9.10. The summed E-state index contributed by atoms with van der Waals surface area (Å²) >= 11 is 5.99. The van der Waals surface area contributed by atoms with Gasteiger partial charge in [0.2, 0.25) is 0 Å². The van der Waals surface area contributed by atoms with Gasteiger partial charge in [-0.15, -0.1) is 0 Å². The third-order valence-corrected chi connectivity index (χ3v) is 2.65. The first kappa shape index (κ1) is 8.85. The minimum atomic E-state index is 0.760. The van der Waals surface area contributed by atoms with Gasteiger partial charge < -0.3 is 10.6 Å². The monoisotopic (exact) mass is 196 g/mol. The molecule has 1 heterocycles. The quantitative estimate of drug-likeness (QED) is 0.773. The van der Waals surface area contributed by atoms with Gasteiger partial charge in [-0.05, 0) is 12.1 Å². The smallest absolute Gasteiger partial charge is 0.0637 e. The highest BCUT2D eigenvalue weighted by Gasteiger charge is 2.15. The summed E-state index contributed by atoms with van der Waals surface area (Å²) in [6.07, 6.45) is 0. The van der Waals surface area contributed by atoms with Crippen LogP contribution >= 0.6 is 11.6 Å². The lowest BCUT2D eigenvalue weighted by Gasteiger charge is -2.27. The molecule has 2 nitrogen and oxygen atoms in total. The third-order valence-electron chi connectivity index (χ3n) is 2.32. The molecule has 1 saturated heterocycles. The van der Waals surface area contributed by atoms with Crippen LogP contribution in [0.15, 0.2) is 24.3 Å². The molecule has 1 aromatic rings. The number of hydrogen-bond donors (Lipinski definition) is 2. The maximum Gasteiger partial charge on any atom is 0.0637 e. The van der Waals surface area contributed by atoms with E-state index in [1.54, 1.807) is 0 Å². The minimum Gasteiger partial charge on any atom is -0.383 e. The van der Waals surface area contributed by atoms with Gasteiger partial charge in [0.1, 0.15) is 0 Å². The van der Waals surface area contributed by atoms with Crippen molar-refractivity contribution in [2.45, 2.75) is 0 Å². The van der Waals surface area contributed by atoms with Gasteiger partial charge in [0.15, 0.2) is 0 Å². The van der Waals surface area contributed by atoms with Crippen molar-refractivity contribution < 1.29 is 0 Å². The topological polar surface area (TPSA) is 24.1 Å². The first-order valence-electron chi connectivity index (χ1n) is 4.55. The highest BCUT2D eigenvalue weighted by Crippen LogP contribution is 2.20. The van der Waals surface area contributed by atoms with Gasteiger partial charge >= 0.3 is 0 Å². The fraction of sp³-hybridized carbons (Fsp3) is 0.400. The molecule has 3 heteroatoms. The molecule has 0 aliphatic carbocycles. The van der Waals surface area contributed by atoms with Crippen molar-refractivity contribution in [1.29, 1.82) is 0 Å². The Morgan fingerprint density at radius 3 is 2.77 bits per heavy atom. The zero-order valence-electron chi connectivity index (χ0n) is 7.39. The van der Waals surface area contributed by atoms with E-state index in [1.165, 1.54) is 0 Å². The predicted octanol–water partition coefficient (Wildman–Crippen LogP) is 1.97. The van der Waals surface area contributed by atoms with Crippen LogP contribution in [-0.2, 0) is 0 Å². The Labute approximate surface area is 83.3 Å². The lowest BCUT2D eigenvalue weighted by molar-refractivity contribution is 0.365. The first-order valence-corrected chi connectivity index (χ1v) is 4.93. The molecule has 0 bridgehead atoms. The van der Waals surface area contributed by atoms with Gasteiger partial charge in [0, 0.05) is 25.6 Å². The van der Waals surface area contributed by atoms with Crippen LogP contribution in [0, 0.1) is 5.92 Å². The molecule has 1 aliphatic rings. The fourth-order valence-corrected chi connectivity index (χ4v) is 1.55. The summed E-state index contributed by atoms with van der Waals surface area (Å²) in [4.78, 5) is 0. The molecule has 0 radical (unpaired) electrons. The van der Waals surface area contributed by atoms with Gasteiger partial charge in [-0.3, -0.25) is 0 Å². The van der Waals surface area contributed by atoms with Crippen molar-refractivity contribution >= 4 is 17.3 Å². The number of rotatable bonds is 3. The third kappa shape index (κ3) is 2.14. The summed E-state index contributed by atoms with van der Waals surface area (Å²) in [7, 11) is 0. The Morgan fingerprint density at radius 2 is 2.15 bits per heavy atom. The maximum atomic E-state index is 5.99. The Bertz CT molecular complexity index is 284. The average molecular weight is 197 g/mol. The summed E-state index contributed by atoms with van der Waals surface area (Å²) in [5, 5.41) is 7.38. The van der Waals surface area contributed by atoms with Crippen LogP contribution in [0.1, 0.15) is 0 Å². The van der Waals surface area contributed by atoms with Crippen LogP contribution in [0.5, 0.6) is 0 Å². The predicted molar refractivity (Wildman–Crippen MR) is 56.3 cm³/mol. The standard InChI is InChI=1S/C10H13ClN2/c11-9-3-1-2-4-10(9)13-7-8-5-12-6-8/h1-4,8,12-13H,5-7H2. The number of anilines is 1. The van der Waals surface area contributed by atoms with Crippen LogP contribution in [0.25, 0.3) is 0 Å². The molecule has 0 unspecified atom stereocenters. The Kier molecular flexibility index (Phi) is 2.71. The normalized spacial score (nSPS) is 16.7. The molecule has 70 valence electrons. The molecule has 1 aromatic carbocycles. The highest BCUT2D eigenvalue weighted by molar-refractivity contribution is 6.33. The van der Waals surface area contributed by atoms with E-state index in [2.05, 4.69) is 10.6 Å². The second-order valence-corrected chi connectivity index (χ2v) is 3.79. The number of para-hydroxylation sites is 1. The van der Waals surface area contributed by atoms with Crippen molar-refractivity contribution in [3.63, 3.8) is 0 Å². The summed E-state index contributed by atoms with van der Waals surface area (Å²) in [6.45, 7) is 3.26. The summed E-state index contributed by atoms with van der Waals surface area (Å²) in [6, 6.07) is 7.85. The molecule has 0 spiro atoms. The number of benzene rings is 1. The van der Waals surface area contributed by atoms with Gasteiger partial charge in [-0.2, -0.15) is 0 Å². The molecular formula is C10H13ClN2. The maximum absolute atomic E-state index is 5.99. The molecule has 1 fully saturated rings. The molecule has 1 aliphatic heterocycles. The van der Waals surface area contributed by atoms with Crippen LogP contribution in [0.3, 0.4) is 0 Å². The Hall–Kier alpha value is -0.730. The van der Waals surface area contributed by atoms with Gasteiger partial charge in [0.05, 0.1) is 10.7 Å². The second-order valence-electron chi connectivity index (χ2n) is 3.39. The molecule has 0 amide bonds.